The van der Waals surface area contributed by atoms with Crippen LogP contribution in [-0.4, -0.2) is 36.0 Å². The van der Waals surface area contributed by atoms with Crippen molar-refractivity contribution in [2.45, 2.75) is 25.1 Å². The van der Waals surface area contributed by atoms with Crippen LogP contribution in [0.1, 0.15) is 18.5 Å². The summed E-state index contributed by atoms with van der Waals surface area (Å²) in [6.45, 7) is 2.90. The third-order valence-electron chi connectivity index (χ3n) is 3.08. The Bertz CT molecular complexity index is 393. The summed E-state index contributed by atoms with van der Waals surface area (Å²) in [5.74, 6) is 2.00. The molecule has 0 aromatic carbocycles. The molecule has 0 unspecified atom stereocenters. The van der Waals surface area contributed by atoms with Gasteiger partial charge in [0.05, 0.1) is 7.11 Å². The van der Waals surface area contributed by atoms with E-state index >= 15 is 0 Å². The lowest BCUT2D eigenvalue weighted by Crippen LogP contribution is -2.35. The van der Waals surface area contributed by atoms with Crippen LogP contribution >= 0.6 is 11.6 Å². The van der Waals surface area contributed by atoms with E-state index in [9.17, 15) is 0 Å². The van der Waals surface area contributed by atoms with Gasteiger partial charge in [-0.2, -0.15) is 4.98 Å². The number of anilines is 1. The van der Waals surface area contributed by atoms with E-state index < -0.39 is 0 Å². The number of alkyl halides is 1. The summed E-state index contributed by atoms with van der Waals surface area (Å²) in [5, 5.41) is 0.362. The number of rotatable bonds is 4. The fourth-order valence-corrected chi connectivity index (χ4v) is 2.58. The van der Waals surface area contributed by atoms with Gasteiger partial charge in [0.2, 0.25) is 11.8 Å². The second-order valence-corrected chi connectivity index (χ2v) is 5.28. The molecular weight excluding hydrogens is 238 g/mol. The third kappa shape index (κ3) is 3.00. The lowest BCUT2D eigenvalue weighted by molar-refractivity contribution is 0.327. The van der Waals surface area contributed by atoms with Crippen LogP contribution < -0.4 is 9.64 Å². The zero-order valence-corrected chi connectivity index (χ0v) is 11.2. The molecule has 1 aliphatic rings. The van der Waals surface area contributed by atoms with Gasteiger partial charge in [-0.15, -0.1) is 11.6 Å². The Morgan fingerprint density at radius 3 is 2.76 bits per heavy atom. The number of hydrogen-bond donors (Lipinski definition) is 0. The molecule has 0 amide bonds. The van der Waals surface area contributed by atoms with E-state index in [1.165, 1.54) is 0 Å². The molecule has 94 valence electrons. The molecule has 1 aromatic rings. The predicted octanol–water partition coefficient (Wildman–Crippen LogP) is 2.25. The van der Waals surface area contributed by atoms with Gasteiger partial charge in [0, 0.05) is 30.7 Å². The van der Waals surface area contributed by atoms with Gasteiger partial charge in [-0.3, -0.25) is 0 Å². The molecule has 0 atom stereocenters. The van der Waals surface area contributed by atoms with Gasteiger partial charge in [0.25, 0.3) is 0 Å². The maximum atomic E-state index is 5.98. The van der Waals surface area contributed by atoms with Gasteiger partial charge < -0.3 is 9.64 Å². The van der Waals surface area contributed by atoms with Crippen molar-refractivity contribution in [2.75, 3.05) is 25.6 Å². The minimum absolute atomic E-state index is 0.362. The number of ether oxygens (including phenoxy) is 1. The Labute approximate surface area is 107 Å². The first-order chi connectivity index (χ1) is 8.08. The zero-order chi connectivity index (χ0) is 12.4. The summed E-state index contributed by atoms with van der Waals surface area (Å²) in [5.41, 5.74) is 0.919. The quantitative estimate of drug-likeness (QED) is 0.774. The minimum atomic E-state index is 0.362. The minimum Gasteiger partial charge on any atom is -0.481 e. The van der Waals surface area contributed by atoms with E-state index in [0.717, 1.165) is 31.0 Å². The Morgan fingerprint density at radius 1 is 1.47 bits per heavy atom. The molecule has 1 fully saturated rings. The van der Waals surface area contributed by atoms with E-state index in [2.05, 4.69) is 14.9 Å². The van der Waals surface area contributed by atoms with Gasteiger partial charge in [-0.1, -0.05) is 0 Å². The van der Waals surface area contributed by atoms with Crippen LogP contribution in [0.5, 0.6) is 5.88 Å². The van der Waals surface area contributed by atoms with Crippen molar-refractivity contribution < 1.29 is 4.74 Å². The fraction of sp³-hybridized carbons (Fsp3) is 0.667. The SMILES string of the molecule is COc1cc(C)nc(N(C)CC2CC(Cl)C2)n1. The summed E-state index contributed by atoms with van der Waals surface area (Å²) in [4.78, 5) is 10.8. The van der Waals surface area contributed by atoms with E-state index in [1.54, 1.807) is 7.11 Å². The summed E-state index contributed by atoms with van der Waals surface area (Å²) < 4.78 is 5.15. The monoisotopic (exact) mass is 255 g/mol. The van der Waals surface area contributed by atoms with Gasteiger partial charge >= 0.3 is 0 Å². The number of methoxy groups -OCH3 is 1. The van der Waals surface area contributed by atoms with Crippen molar-refractivity contribution in [3.05, 3.63) is 11.8 Å². The van der Waals surface area contributed by atoms with Crippen molar-refractivity contribution in [3.63, 3.8) is 0 Å². The predicted molar refractivity (Wildman–Crippen MR) is 69.0 cm³/mol. The van der Waals surface area contributed by atoms with Gasteiger partial charge in [0.1, 0.15) is 0 Å². The molecule has 5 heteroatoms. The molecule has 0 aliphatic heterocycles. The first-order valence-electron chi connectivity index (χ1n) is 5.83. The average molecular weight is 256 g/mol. The molecule has 17 heavy (non-hydrogen) atoms. The molecule has 0 N–H and O–H groups in total. The molecule has 1 aromatic heterocycles. The van der Waals surface area contributed by atoms with E-state index in [1.807, 2.05) is 20.0 Å². The Hall–Kier alpha value is -1.03. The van der Waals surface area contributed by atoms with E-state index in [4.69, 9.17) is 16.3 Å². The molecule has 0 spiro atoms. The Balaban J connectivity index is 2.02. The van der Waals surface area contributed by atoms with Crippen LogP contribution in [0.15, 0.2) is 6.07 Å². The summed E-state index contributed by atoms with van der Waals surface area (Å²) in [6, 6.07) is 1.83. The molecule has 1 aliphatic carbocycles. The lowest BCUT2D eigenvalue weighted by Gasteiger charge is -2.34. The van der Waals surface area contributed by atoms with Gasteiger partial charge in [-0.05, 0) is 25.7 Å². The van der Waals surface area contributed by atoms with Crippen molar-refractivity contribution in [1.29, 1.82) is 0 Å². The number of aromatic nitrogens is 2. The molecule has 0 bridgehead atoms. The molecule has 4 nitrogen and oxygen atoms in total. The molecule has 1 saturated carbocycles. The van der Waals surface area contributed by atoms with Crippen LogP contribution in [0, 0.1) is 12.8 Å². The van der Waals surface area contributed by atoms with Crippen molar-refractivity contribution >= 4 is 17.5 Å². The first-order valence-corrected chi connectivity index (χ1v) is 6.27. The number of nitrogens with zero attached hydrogens (tertiary/aromatic N) is 3. The number of hydrogen-bond acceptors (Lipinski definition) is 4. The number of aryl methyl sites for hydroxylation is 1. The highest BCUT2D eigenvalue weighted by molar-refractivity contribution is 6.21. The van der Waals surface area contributed by atoms with Gasteiger partial charge in [0.15, 0.2) is 0 Å². The van der Waals surface area contributed by atoms with E-state index in [0.29, 0.717) is 17.2 Å². The number of halogens is 1. The Kier molecular flexibility index (Phi) is 3.72. The molecule has 0 radical (unpaired) electrons. The van der Waals surface area contributed by atoms with E-state index in [-0.39, 0.29) is 0 Å². The molecule has 0 saturated heterocycles. The van der Waals surface area contributed by atoms with Crippen LogP contribution in [0.25, 0.3) is 0 Å². The van der Waals surface area contributed by atoms with Crippen molar-refractivity contribution in [1.82, 2.24) is 9.97 Å². The lowest BCUT2D eigenvalue weighted by atomic mass is 9.84. The van der Waals surface area contributed by atoms with Crippen molar-refractivity contribution in [2.24, 2.45) is 5.92 Å². The highest BCUT2D eigenvalue weighted by Gasteiger charge is 2.28. The second-order valence-electron chi connectivity index (χ2n) is 4.67. The summed E-state index contributed by atoms with van der Waals surface area (Å²) in [7, 11) is 3.63. The summed E-state index contributed by atoms with van der Waals surface area (Å²) >= 11 is 5.98. The van der Waals surface area contributed by atoms with Crippen LogP contribution in [-0.2, 0) is 0 Å². The smallest absolute Gasteiger partial charge is 0.228 e. The maximum absolute atomic E-state index is 5.98. The highest BCUT2D eigenvalue weighted by Crippen LogP contribution is 2.32. The second kappa shape index (κ2) is 5.08. The molecule has 1 heterocycles. The third-order valence-corrected chi connectivity index (χ3v) is 3.44. The average Bonchev–Trinajstić information content (AvgIpc) is 2.26. The Morgan fingerprint density at radius 2 is 2.18 bits per heavy atom. The van der Waals surface area contributed by atoms with Gasteiger partial charge in [-0.25, -0.2) is 4.98 Å². The maximum Gasteiger partial charge on any atom is 0.228 e. The van der Waals surface area contributed by atoms with Crippen LogP contribution in [0.3, 0.4) is 0 Å². The fourth-order valence-electron chi connectivity index (χ4n) is 2.07. The van der Waals surface area contributed by atoms with Crippen LogP contribution in [0.4, 0.5) is 5.95 Å². The normalized spacial score (nSPS) is 23.1. The standard InChI is InChI=1S/C12H18ClN3O/c1-8-4-11(17-3)15-12(14-8)16(2)7-9-5-10(13)6-9/h4,9-10H,5-7H2,1-3H3. The summed E-state index contributed by atoms with van der Waals surface area (Å²) in [6.07, 6.45) is 2.18. The molecular formula is C12H18ClN3O. The van der Waals surface area contributed by atoms with Crippen LogP contribution in [0.2, 0.25) is 0 Å². The highest BCUT2D eigenvalue weighted by atomic mass is 35.5. The first kappa shape index (κ1) is 12.4. The van der Waals surface area contributed by atoms with Crippen molar-refractivity contribution in [3.8, 4) is 5.88 Å². The largest absolute Gasteiger partial charge is 0.481 e. The topological polar surface area (TPSA) is 38.2 Å². The zero-order valence-electron chi connectivity index (χ0n) is 10.5. The molecule has 2 rings (SSSR count).